The van der Waals surface area contributed by atoms with Crippen LogP contribution in [-0.4, -0.2) is 36.0 Å². The molecule has 0 spiro atoms. The number of halogens is 2. The van der Waals surface area contributed by atoms with Crippen molar-refractivity contribution in [2.24, 2.45) is 0 Å². The van der Waals surface area contributed by atoms with Crippen molar-refractivity contribution in [1.29, 1.82) is 0 Å². The number of nitrogens with zero attached hydrogens (tertiary/aromatic N) is 1. The molecule has 1 heterocycles. The highest BCUT2D eigenvalue weighted by Crippen LogP contribution is 2.20. The van der Waals surface area contributed by atoms with E-state index in [9.17, 15) is 4.79 Å². The lowest BCUT2D eigenvalue weighted by Gasteiger charge is -2.39. The number of piperazine rings is 1. The summed E-state index contributed by atoms with van der Waals surface area (Å²) in [5, 5.41) is 3.40. The molecule has 1 fully saturated rings. The van der Waals surface area contributed by atoms with E-state index < -0.39 is 0 Å². The Bertz CT molecular complexity index is 467. The smallest absolute Gasteiger partial charge is 0.254 e. The number of benzene rings is 1. The van der Waals surface area contributed by atoms with Crippen molar-refractivity contribution < 1.29 is 4.79 Å². The third-order valence-corrected chi connectivity index (χ3v) is 4.96. The van der Waals surface area contributed by atoms with Crippen molar-refractivity contribution in [3.63, 3.8) is 0 Å². The Balaban J connectivity index is 0.00000180. The highest BCUT2D eigenvalue weighted by molar-refractivity contribution is 14.1. The van der Waals surface area contributed by atoms with Gasteiger partial charge < -0.3 is 10.2 Å². The molecule has 1 amide bonds. The number of hydrogen-bond donors (Lipinski definition) is 1. The van der Waals surface area contributed by atoms with Crippen LogP contribution < -0.4 is 5.32 Å². The first kappa shape index (κ1) is 16.7. The van der Waals surface area contributed by atoms with Gasteiger partial charge in [0.1, 0.15) is 0 Å². The van der Waals surface area contributed by atoms with Crippen LogP contribution in [0.4, 0.5) is 0 Å². The molecule has 1 aliphatic rings. The molecule has 1 aromatic rings. The number of amides is 1. The zero-order chi connectivity index (χ0) is 13.3. The second kappa shape index (κ2) is 6.90. The average Bonchev–Trinajstić information content (AvgIpc) is 2.35. The molecule has 1 aromatic carbocycles. The van der Waals surface area contributed by atoms with Gasteiger partial charge >= 0.3 is 0 Å². The normalized spacial score (nSPS) is 22.8. The van der Waals surface area contributed by atoms with Gasteiger partial charge in [-0.15, -0.1) is 12.4 Å². The fourth-order valence-corrected chi connectivity index (χ4v) is 2.84. The molecule has 2 rings (SSSR count). The largest absolute Gasteiger partial charge is 0.333 e. The molecule has 3 nitrogen and oxygen atoms in total. The third-order valence-electron chi connectivity index (χ3n) is 3.79. The lowest BCUT2D eigenvalue weighted by molar-refractivity contribution is 0.0602. The zero-order valence-electron chi connectivity index (χ0n) is 11.4. The van der Waals surface area contributed by atoms with Crippen LogP contribution in [0.5, 0.6) is 0 Å². The Morgan fingerprint density at radius 2 is 2.11 bits per heavy atom. The van der Waals surface area contributed by atoms with Gasteiger partial charge in [0.25, 0.3) is 5.91 Å². The van der Waals surface area contributed by atoms with Crippen LogP contribution in [0.2, 0.25) is 0 Å². The molecule has 0 aromatic heterocycles. The topological polar surface area (TPSA) is 32.3 Å². The van der Waals surface area contributed by atoms with Gasteiger partial charge in [-0.2, -0.15) is 0 Å². The van der Waals surface area contributed by atoms with Crippen LogP contribution in [0.15, 0.2) is 18.2 Å². The van der Waals surface area contributed by atoms with E-state index in [1.54, 1.807) is 0 Å². The maximum Gasteiger partial charge on any atom is 0.254 e. The van der Waals surface area contributed by atoms with Crippen LogP contribution in [0.1, 0.15) is 29.8 Å². The molecule has 1 saturated heterocycles. The molecule has 0 bridgehead atoms. The van der Waals surface area contributed by atoms with E-state index in [-0.39, 0.29) is 24.4 Å². The molecule has 0 radical (unpaired) electrons. The highest BCUT2D eigenvalue weighted by atomic mass is 127. The Morgan fingerprint density at radius 1 is 1.42 bits per heavy atom. The van der Waals surface area contributed by atoms with Crippen molar-refractivity contribution in [3.05, 3.63) is 32.9 Å². The van der Waals surface area contributed by atoms with Gasteiger partial charge in [-0.3, -0.25) is 4.79 Å². The van der Waals surface area contributed by atoms with E-state index in [4.69, 9.17) is 0 Å². The third kappa shape index (κ3) is 3.41. The quantitative estimate of drug-likeness (QED) is 0.743. The Hall–Kier alpha value is -0.330. The molecule has 2 atom stereocenters. The molecule has 5 heteroatoms. The average molecular weight is 395 g/mol. The lowest BCUT2D eigenvalue weighted by Crippen LogP contribution is -2.57. The van der Waals surface area contributed by atoms with E-state index in [1.165, 1.54) is 0 Å². The van der Waals surface area contributed by atoms with Crippen LogP contribution in [-0.2, 0) is 0 Å². The lowest BCUT2D eigenvalue weighted by atomic mass is 10.0. The summed E-state index contributed by atoms with van der Waals surface area (Å²) >= 11 is 2.28. The Kier molecular flexibility index (Phi) is 6.08. The van der Waals surface area contributed by atoms with Crippen LogP contribution >= 0.6 is 35.0 Å². The van der Waals surface area contributed by atoms with Crippen molar-refractivity contribution in [1.82, 2.24) is 10.2 Å². The maximum atomic E-state index is 12.6. The zero-order valence-corrected chi connectivity index (χ0v) is 14.4. The van der Waals surface area contributed by atoms with Crippen molar-refractivity contribution in [2.45, 2.75) is 32.9 Å². The van der Waals surface area contributed by atoms with E-state index in [0.29, 0.717) is 6.04 Å². The van der Waals surface area contributed by atoms with Crippen LogP contribution in [0.25, 0.3) is 0 Å². The minimum absolute atomic E-state index is 0. The van der Waals surface area contributed by atoms with Gasteiger partial charge in [-0.05, 0) is 61.1 Å². The number of carbonyl (C=O) groups excluding carboxylic acids is 1. The van der Waals surface area contributed by atoms with E-state index in [0.717, 1.165) is 27.8 Å². The van der Waals surface area contributed by atoms with Crippen molar-refractivity contribution in [2.75, 3.05) is 13.1 Å². The summed E-state index contributed by atoms with van der Waals surface area (Å²) in [5.74, 6) is 0.159. The summed E-state index contributed by atoms with van der Waals surface area (Å²) in [4.78, 5) is 14.6. The number of hydrogen-bond acceptors (Lipinski definition) is 2. The van der Waals surface area contributed by atoms with E-state index in [1.807, 2.05) is 30.0 Å². The van der Waals surface area contributed by atoms with Gasteiger partial charge in [0.2, 0.25) is 0 Å². The highest BCUT2D eigenvalue weighted by Gasteiger charge is 2.29. The predicted molar refractivity (Wildman–Crippen MR) is 89.1 cm³/mol. The number of carbonyl (C=O) groups is 1. The first-order valence-corrected chi connectivity index (χ1v) is 7.39. The number of nitrogens with one attached hydrogen (secondary N) is 1. The summed E-state index contributed by atoms with van der Waals surface area (Å²) in [5.41, 5.74) is 1.92. The van der Waals surface area contributed by atoms with Crippen LogP contribution in [0, 0.1) is 10.5 Å². The Labute approximate surface area is 134 Å². The fourth-order valence-electron chi connectivity index (χ4n) is 2.34. The second-order valence-corrected chi connectivity index (χ2v) is 6.06. The Morgan fingerprint density at radius 3 is 2.79 bits per heavy atom. The first-order chi connectivity index (χ1) is 8.52. The van der Waals surface area contributed by atoms with Gasteiger partial charge in [0.15, 0.2) is 0 Å². The van der Waals surface area contributed by atoms with Crippen molar-refractivity contribution in [3.8, 4) is 0 Å². The van der Waals surface area contributed by atoms with Crippen molar-refractivity contribution >= 4 is 40.9 Å². The van der Waals surface area contributed by atoms with E-state index in [2.05, 4.69) is 41.8 Å². The van der Waals surface area contributed by atoms with E-state index >= 15 is 0 Å². The van der Waals surface area contributed by atoms with Gasteiger partial charge in [-0.25, -0.2) is 0 Å². The van der Waals surface area contributed by atoms with Gasteiger partial charge in [0.05, 0.1) is 0 Å². The van der Waals surface area contributed by atoms with Gasteiger partial charge in [-0.1, -0.05) is 6.07 Å². The summed E-state index contributed by atoms with van der Waals surface area (Å²) in [7, 11) is 0. The minimum Gasteiger partial charge on any atom is -0.333 e. The maximum absolute atomic E-state index is 12.6. The summed E-state index contributed by atoms with van der Waals surface area (Å²) in [6, 6.07) is 6.52. The molecule has 1 aliphatic heterocycles. The summed E-state index contributed by atoms with van der Waals surface area (Å²) in [6.45, 7) is 7.92. The van der Waals surface area contributed by atoms with Gasteiger partial charge in [0, 0.05) is 34.3 Å². The fraction of sp³-hybridized carbons (Fsp3) is 0.500. The first-order valence-electron chi connectivity index (χ1n) is 6.32. The SMILES string of the molecule is Cc1c(I)cccc1C(=O)N1CCNC(C)C1C.Cl. The summed E-state index contributed by atoms with van der Waals surface area (Å²) < 4.78 is 1.15. The number of rotatable bonds is 1. The van der Waals surface area contributed by atoms with Crippen LogP contribution in [0.3, 0.4) is 0 Å². The molecular weight excluding hydrogens is 375 g/mol. The second-order valence-electron chi connectivity index (χ2n) is 4.89. The molecule has 0 aliphatic carbocycles. The molecule has 19 heavy (non-hydrogen) atoms. The monoisotopic (exact) mass is 394 g/mol. The minimum atomic E-state index is 0. The summed E-state index contributed by atoms with van der Waals surface area (Å²) in [6.07, 6.45) is 0. The molecule has 2 unspecified atom stereocenters. The molecule has 1 N–H and O–H groups in total. The standard InChI is InChI=1S/C14H19IN2O.ClH/c1-9-12(5-4-6-13(9)15)14(18)17-8-7-16-10(2)11(17)3;/h4-6,10-11,16H,7-8H2,1-3H3;1H. The predicted octanol–water partition coefficient (Wildman–Crippen LogP) is 2.84. The molecule has 106 valence electrons. The molecular formula is C14H20ClIN2O. The molecule has 0 saturated carbocycles.